The van der Waals surface area contributed by atoms with Crippen molar-refractivity contribution in [2.24, 2.45) is 0 Å². The Kier molecular flexibility index (Phi) is 6.52. The normalized spacial score (nSPS) is 17.3. The third-order valence-electron chi connectivity index (χ3n) is 5.55. The number of hydrogen-bond acceptors (Lipinski definition) is 4. The highest BCUT2D eigenvalue weighted by atomic mass is 16.5. The lowest BCUT2D eigenvalue weighted by Crippen LogP contribution is -2.45. The van der Waals surface area contributed by atoms with Crippen LogP contribution in [0.15, 0.2) is 71.9 Å². The van der Waals surface area contributed by atoms with Crippen molar-refractivity contribution in [3.63, 3.8) is 0 Å². The van der Waals surface area contributed by atoms with Gasteiger partial charge in [0.2, 0.25) is 0 Å². The van der Waals surface area contributed by atoms with Crippen LogP contribution in [0.4, 0.5) is 0 Å². The summed E-state index contributed by atoms with van der Waals surface area (Å²) in [6.45, 7) is 9.10. The standard InChI is InChI=1S/C25H30N2O2/c1-21(18-22-19-23-8-5-6-11-25(23)29-20-22)27-15-13-26(14-16-27)12-7-17-28-24-9-3-2-4-10-24/h2-6,8-11,18-19H,7,12-17,20H2,1H3/b21-18+. The van der Waals surface area contributed by atoms with Gasteiger partial charge in [0.1, 0.15) is 18.1 Å². The van der Waals surface area contributed by atoms with Crippen molar-refractivity contribution in [2.75, 3.05) is 45.9 Å². The van der Waals surface area contributed by atoms with Crippen LogP contribution in [-0.2, 0) is 0 Å². The fraction of sp³-hybridized carbons (Fsp3) is 0.360. The summed E-state index contributed by atoms with van der Waals surface area (Å²) in [6.07, 6.45) is 5.58. The van der Waals surface area contributed by atoms with E-state index in [1.807, 2.05) is 42.5 Å². The molecule has 2 aromatic carbocycles. The number of allylic oxidation sites excluding steroid dienone is 1. The van der Waals surface area contributed by atoms with E-state index in [-0.39, 0.29) is 0 Å². The van der Waals surface area contributed by atoms with Gasteiger partial charge in [0, 0.05) is 44.0 Å². The first-order valence-electron chi connectivity index (χ1n) is 10.5. The molecule has 2 aliphatic rings. The Morgan fingerprint density at radius 3 is 2.59 bits per heavy atom. The van der Waals surface area contributed by atoms with Gasteiger partial charge in [0.15, 0.2) is 0 Å². The summed E-state index contributed by atoms with van der Waals surface area (Å²) in [4.78, 5) is 5.02. The molecule has 1 fully saturated rings. The number of para-hydroxylation sites is 2. The molecule has 152 valence electrons. The second-order valence-electron chi connectivity index (χ2n) is 7.68. The summed E-state index contributed by atoms with van der Waals surface area (Å²) < 4.78 is 11.7. The first kappa shape index (κ1) is 19.6. The molecule has 4 heteroatoms. The summed E-state index contributed by atoms with van der Waals surface area (Å²) in [6, 6.07) is 18.3. The van der Waals surface area contributed by atoms with E-state index in [9.17, 15) is 0 Å². The molecule has 2 heterocycles. The van der Waals surface area contributed by atoms with Crippen LogP contribution in [0.25, 0.3) is 6.08 Å². The third kappa shape index (κ3) is 5.42. The van der Waals surface area contributed by atoms with Crippen LogP contribution < -0.4 is 9.47 Å². The molecule has 0 saturated carbocycles. The van der Waals surface area contributed by atoms with Gasteiger partial charge in [-0.3, -0.25) is 4.90 Å². The Morgan fingerprint density at radius 1 is 1.00 bits per heavy atom. The van der Waals surface area contributed by atoms with E-state index in [0.29, 0.717) is 6.61 Å². The lowest BCUT2D eigenvalue weighted by Gasteiger charge is -2.36. The quantitative estimate of drug-likeness (QED) is 0.652. The first-order chi connectivity index (χ1) is 14.3. The Labute approximate surface area is 174 Å². The average molecular weight is 391 g/mol. The molecule has 0 N–H and O–H groups in total. The van der Waals surface area contributed by atoms with Crippen molar-refractivity contribution in [1.82, 2.24) is 9.80 Å². The van der Waals surface area contributed by atoms with Gasteiger partial charge >= 0.3 is 0 Å². The van der Waals surface area contributed by atoms with Gasteiger partial charge in [-0.2, -0.15) is 0 Å². The van der Waals surface area contributed by atoms with Gasteiger partial charge in [-0.25, -0.2) is 0 Å². The van der Waals surface area contributed by atoms with Crippen LogP contribution in [-0.4, -0.2) is 55.7 Å². The highest BCUT2D eigenvalue weighted by Crippen LogP contribution is 2.27. The van der Waals surface area contributed by atoms with Gasteiger partial charge < -0.3 is 14.4 Å². The molecule has 0 aromatic heterocycles. The number of piperazine rings is 1. The number of fused-ring (bicyclic) bond motifs is 1. The zero-order chi connectivity index (χ0) is 19.9. The first-order valence-corrected chi connectivity index (χ1v) is 10.5. The van der Waals surface area contributed by atoms with E-state index in [2.05, 4.69) is 41.0 Å². The second-order valence-corrected chi connectivity index (χ2v) is 7.68. The topological polar surface area (TPSA) is 24.9 Å². The molecule has 0 atom stereocenters. The molecule has 0 aliphatic carbocycles. The van der Waals surface area contributed by atoms with E-state index < -0.39 is 0 Å². The summed E-state index contributed by atoms with van der Waals surface area (Å²) in [7, 11) is 0. The van der Waals surface area contributed by atoms with Gasteiger partial charge in [-0.1, -0.05) is 36.4 Å². The molecule has 0 spiro atoms. The highest BCUT2D eigenvalue weighted by Gasteiger charge is 2.17. The lowest BCUT2D eigenvalue weighted by molar-refractivity contribution is 0.149. The van der Waals surface area contributed by atoms with Gasteiger partial charge in [0.05, 0.1) is 6.61 Å². The monoisotopic (exact) mass is 390 g/mol. The summed E-state index contributed by atoms with van der Waals surface area (Å²) in [5, 5.41) is 0. The molecule has 0 bridgehead atoms. The fourth-order valence-electron chi connectivity index (χ4n) is 3.90. The van der Waals surface area contributed by atoms with Crippen LogP contribution in [0.2, 0.25) is 0 Å². The molecule has 4 rings (SSSR count). The van der Waals surface area contributed by atoms with Crippen LogP contribution in [0.1, 0.15) is 18.9 Å². The fourth-order valence-corrected chi connectivity index (χ4v) is 3.90. The third-order valence-corrected chi connectivity index (χ3v) is 5.55. The predicted octanol–water partition coefficient (Wildman–Crippen LogP) is 4.45. The maximum Gasteiger partial charge on any atom is 0.127 e. The molecule has 0 amide bonds. The van der Waals surface area contributed by atoms with E-state index in [0.717, 1.165) is 57.3 Å². The average Bonchev–Trinajstić information content (AvgIpc) is 2.78. The smallest absolute Gasteiger partial charge is 0.127 e. The zero-order valence-corrected chi connectivity index (χ0v) is 17.2. The number of benzene rings is 2. The van der Waals surface area contributed by atoms with E-state index in [4.69, 9.17) is 9.47 Å². The van der Waals surface area contributed by atoms with E-state index in [1.54, 1.807) is 0 Å². The molecule has 0 unspecified atom stereocenters. The van der Waals surface area contributed by atoms with Crippen molar-refractivity contribution in [3.05, 3.63) is 77.5 Å². The SMILES string of the molecule is C/C(=C\C1=Cc2ccccc2OC1)N1CCN(CCCOc2ccccc2)CC1. The molecule has 1 saturated heterocycles. The van der Waals surface area contributed by atoms with Gasteiger partial charge in [0.25, 0.3) is 0 Å². The van der Waals surface area contributed by atoms with Crippen molar-refractivity contribution < 1.29 is 9.47 Å². The second kappa shape index (κ2) is 9.66. The maximum atomic E-state index is 5.88. The van der Waals surface area contributed by atoms with E-state index in [1.165, 1.54) is 16.8 Å². The van der Waals surface area contributed by atoms with Gasteiger partial charge in [-0.05, 0) is 49.3 Å². The van der Waals surface area contributed by atoms with Crippen molar-refractivity contribution in [1.29, 1.82) is 0 Å². The van der Waals surface area contributed by atoms with Crippen LogP contribution in [0.5, 0.6) is 11.5 Å². The van der Waals surface area contributed by atoms with E-state index >= 15 is 0 Å². The largest absolute Gasteiger partial charge is 0.494 e. The number of hydrogen-bond donors (Lipinski definition) is 0. The molecule has 2 aromatic rings. The predicted molar refractivity (Wildman–Crippen MR) is 118 cm³/mol. The molecular weight excluding hydrogens is 360 g/mol. The minimum Gasteiger partial charge on any atom is -0.494 e. The van der Waals surface area contributed by atoms with Crippen molar-refractivity contribution >= 4 is 6.08 Å². The number of nitrogens with zero attached hydrogens (tertiary/aromatic N) is 2. The number of rotatable bonds is 7. The molecule has 0 radical (unpaired) electrons. The van der Waals surface area contributed by atoms with Crippen molar-refractivity contribution in [2.45, 2.75) is 13.3 Å². The Hall–Kier alpha value is -2.72. The Balaban J connectivity index is 1.21. The summed E-state index contributed by atoms with van der Waals surface area (Å²) >= 11 is 0. The molecule has 29 heavy (non-hydrogen) atoms. The Bertz CT molecular complexity index is 852. The number of ether oxygens (including phenoxy) is 2. The molecular formula is C25H30N2O2. The van der Waals surface area contributed by atoms with Crippen LogP contribution >= 0.6 is 0 Å². The summed E-state index contributed by atoms with van der Waals surface area (Å²) in [5.74, 6) is 1.94. The highest BCUT2D eigenvalue weighted by molar-refractivity contribution is 5.64. The minimum atomic E-state index is 0.649. The maximum absolute atomic E-state index is 5.88. The summed E-state index contributed by atoms with van der Waals surface area (Å²) in [5.41, 5.74) is 3.73. The zero-order valence-electron chi connectivity index (χ0n) is 17.2. The minimum absolute atomic E-state index is 0.649. The van der Waals surface area contributed by atoms with Crippen LogP contribution in [0, 0.1) is 0 Å². The van der Waals surface area contributed by atoms with Gasteiger partial charge in [-0.15, -0.1) is 0 Å². The lowest BCUT2D eigenvalue weighted by atomic mass is 10.1. The Morgan fingerprint density at radius 2 is 1.76 bits per heavy atom. The van der Waals surface area contributed by atoms with Crippen molar-refractivity contribution in [3.8, 4) is 11.5 Å². The molecule has 2 aliphatic heterocycles. The molecule has 4 nitrogen and oxygen atoms in total. The van der Waals surface area contributed by atoms with Crippen LogP contribution in [0.3, 0.4) is 0 Å².